The molecule has 1 amide bonds. The molecule has 6 nitrogen and oxygen atoms in total. The Morgan fingerprint density at radius 3 is 2.40 bits per heavy atom. The molecule has 8 heteroatoms. The van der Waals surface area contributed by atoms with Crippen LogP contribution in [0.1, 0.15) is 39.0 Å². The van der Waals surface area contributed by atoms with Crippen molar-refractivity contribution >= 4 is 17.6 Å². The van der Waals surface area contributed by atoms with Gasteiger partial charge in [0.05, 0.1) is 6.42 Å². The molecule has 0 aliphatic rings. The third-order valence-electron chi connectivity index (χ3n) is 3.47. The highest BCUT2D eigenvalue weighted by Gasteiger charge is 2.20. The Kier molecular flexibility index (Phi) is 9.46. The molecule has 0 heterocycles. The van der Waals surface area contributed by atoms with Crippen molar-refractivity contribution in [3.05, 3.63) is 24.3 Å². The first-order chi connectivity index (χ1) is 11.9. The maximum absolute atomic E-state index is 12.1. The number of rotatable bonds is 12. The van der Waals surface area contributed by atoms with E-state index in [4.69, 9.17) is 0 Å². The van der Waals surface area contributed by atoms with Gasteiger partial charge in [-0.05, 0) is 37.2 Å². The molecule has 0 saturated heterocycles. The lowest BCUT2D eigenvalue weighted by Crippen LogP contribution is -2.40. The molecule has 0 saturated carbocycles. The summed E-state index contributed by atoms with van der Waals surface area (Å²) in [4.78, 5) is 23.2. The summed E-state index contributed by atoms with van der Waals surface area (Å²) >= 11 is 0. The molecule has 1 atom stereocenters. The number of carboxylic acids is 1. The summed E-state index contributed by atoms with van der Waals surface area (Å²) in [7, 11) is 0. The Morgan fingerprint density at radius 2 is 1.84 bits per heavy atom. The lowest BCUT2D eigenvalue weighted by atomic mass is 10.1. The Morgan fingerprint density at radius 1 is 1.16 bits per heavy atom. The second kappa shape index (κ2) is 11.4. The van der Waals surface area contributed by atoms with Crippen LogP contribution in [-0.2, 0) is 9.59 Å². The molecule has 0 fully saturated rings. The molecule has 1 rings (SSSR count). The van der Waals surface area contributed by atoms with Crippen LogP contribution < -0.4 is 15.4 Å². The number of halogens is 2. The van der Waals surface area contributed by atoms with Gasteiger partial charge in [-0.1, -0.05) is 26.2 Å². The van der Waals surface area contributed by atoms with Crippen LogP contribution >= 0.6 is 0 Å². The summed E-state index contributed by atoms with van der Waals surface area (Å²) in [6.07, 6.45) is 3.81. The average Bonchev–Trinajstić information content (AvgIpc) is 2.54. The van der Waals surface area contributed by atoms with Crippen molar-refractivity contribution < 1.29 is 28.2 Å². The quantitative estimate of drug-likeness (QED) is 0.499. The zero-order valence-electron chi connectivity index (χ0n) is 14.1. The molecule has 1 aromatic rings. The predicted molar refractivity (Wildman–Crippen MR) is 89.9 cm³/mol. The molecule has 140 valence electrons. The second-order valence-electron chi connectivity index (χ2n) is 5.56. The smallest absolute Gasteiger partial charge is 0.387 e. The summed E-state index contributed by atoms with van der Waals surface area (Å²) in [6, 6.07) is 4.43. The van der Waals surface area contributed by atoms with Gasteiger partial charge in [0.15, 0.2) is 0 Å². The van der Waals surface area contributed by atoms with E-state index in [2.05, 4.69) is 22.3 Å². The number of anilines is 1. The van der Waals surface area contributed by atoms with Gasteiger partial charge in [0.1, 0.15) is 11.8 Å². The van der Waals surface area contributed by atoms with Gasteiger partial charge in [0.25, 0.3) is 0 Å². The number of benzene rings is 1. The molecule has 1 aromatic carbocycles. The molecule has 0 bridgehead atoms. The van der Waals surface area contributed by atoms with Crippen LogP contribution in [0.25, 0.3) is 0 Å². The summed E-state index contributed by atoms with van der Waals surface area (Å²) in [6.45, 7) is -0.298. The molecule has 3 N–H and O–H groups in total. The SMILES string of the molecule is CCCCCCNC(CC(=O)Nc1ccc(OC(F)F)cc1)C(=O)O. The number of amides is 1. The number of aliphatic carboxylic acids is 1. The fourth-order valence-corrected chi connectivity index (χ4v) is 2.19. The average molecular weight is 358 g/mol. The van der Waals surface area contributed by atoms with Gasteiger partial charge in [-0.3, -0.25) is 9.59 Å². The number of nitrogens with one attached hydrogen (secondary N) is 2. The number of hydrogen-bond donors (Lipinski definition) is 3. The monoisotopic (exact) mass is 358 g/mol. The van der Waals surface area contributed by atoms with E-state index in [1.54, 1.807) is 0 Å². The zero-order chi connectivity index (χ0) is 18.7. The first-order valence-electron chi connectivity index (χ1n) is 8.23. The molecular weight excluding hydrogens is 334 g/mol. The minimum Gasteiger partial charge on any atom is -0.480 e. The van der Waals surface area contributed by atoms with Gasteiger partial charge < -0.3 is 20.5 Å². The summed E-state index contributed by atoms with van der Waals surface area (Å²) < 4.78 is 28.3. The largest absolute Gasteiger partial charge is 0.480 e. The number of hydrogen-bond acceptors (Lipinski definition) is 4. The first kappa shape index (κ1) is 20.8. The van der Waals surface area contributed by atoms with E-state index in [-0.39, 0.29) is 12.2 Å². The standard InChI is InChI=1S/C17H24F2N2O4/c1-2-3-4-5-10-20-14(16(23)24)11-15(22)21-12-6-8-13(9-7-12)25-17(18)19/h6-9,14,17,20H,2-5,10-11H2,1H3,(H,21,22)(H,23,24). The van der Waals surface area contributed by atoms with E-state index in [9.17, 15) is 23.5 Å². The maximum Gasteiger partial charge on any atom is 0.387 e. The van der Waals surface area contributed by atoms with Crippen LogP contribution in [0.2, 0.25) is 0 Å². The topological polar surface area (TPSA) is 87.7 Å². The lowest BCUT2D eigenvalue weighted by Gasteiger charge is -2.14. The zero-order valence-corrected chi connectivity index (χ0v) is 14.1. The molecule has 0 spiro atoms. The number of unbranched alkanes of at least 4 members (excludes halogenated alkanes) is 3. The molecule has 1 unspecified atom stereocenters. The van der Waals surface area contributed by atoms with Gasteiger partial charge in [-0.15, -0.1) is 0 Å². The van der Waals surface area contributed by atoms with Gasteiger partial charge in [0.2, 0.25) is 5.91 Å². The number of carboxylic acid groups (broad SMARTS) is 1. The van der Waals surface area contributed by atoms with Gasteiger partial charge in [-0.2, -0.15) is 8.78 Å². The molecular formula is C17H24F2N2O4. The predicted octanol–water partition coefficient (Wildman–Crippen LogP) is 3.24. The minimum atomic E-state index is -2.92. The summed E-state index contributed by atoms with van der Waals surface area (Å²) in [5.41, 5.74) is 0.374. The maximum atomic E-state index is 12.1. The van der Waals surface area contributed by atoms with Crippen LogP contribution in [0.3, 0.4) is 0 Å². The molecule has 0 aromatic heterocycles. The summed E-state index contributed by atoms with van der Waals surface area (Å²) in [5, 5.41) is 14.6. The van der Waals surface area contributed by atoms with Crippen LogP contribution in [0.15, 0.2) is 24.3 Å². The number of carbonyl (C=O) groups excluding carboxylic acids is 1. The third kappa shape index (κ3) is 8.99. The van der Waals surface area contributed by atoms with E-state index >= 15 is 0 Å². The molecule has 25 heavy (non-hydrogen) atoms. The molecule has 0 aliphatic heterocycles. The van der Waals surface area contributed by atoms with E-state index in [1.165, 1.54) is 24.3 Å². The van der Waals surface area contributed by atoms with Crippen molar-refractivity contribution in [1.29, 1.82) is 0 Å². The second-order valence-corrected chi connectivity index (χ2v) is 5.56. The number of ether oxygens (including phenoxy) is 1. The fourth-order valence-electron chi connectivity index (χ4n) is 2.19. The highest BCUT2D eigenvalue weighted by Crippen LogP contribution is 2.18. The van der Waals surface area contributed by atoms with Gasteiger partial charge >= 0.3 is 12.6 Å². The van der Waals surface area contributed by atoms with E-state index in [1.807, 2.05) is 0 Å². The minimum absolute atomic E-state index is 0.0230. The van der Waals surface area contributed by atoms with Crippen molar-refractivity contribution in [1.82, 2.24) is 5.32 Å². The highest BCUT2D eigenvalue weighted by atomic mass is 19.3. The Labute approximate surface area is 145 Å². The Hall–Kier alpha value is -2.22. The van der Waals surface area contributed by atoms with Crippen LogP contribution in [0.4, 0.5) is 14.5 Å². The van der Waals surface area contributed by atoms with Crippen molar-refractivity contribution in [2.75, 3.05) is 11.9 Å². The number of alkyl halides is 2. The number of carbonyl (C=O) groups is 2. The normalized spacial score (nSPS) is 12.0. The van der Waals surface area contributed by atoms with Crippen molar-refractivity contribution in [2.45, 2.75) is 51.7 Å². The first-order valence-corrected chi connectivity index (χ1v) is 8.23. The molecule has 0 aliphatic carbocycles. The van der Waals surface area contributed by atoms with Crippen molar-refractivity contribution in [3.8, 4) is 5.75 Å². The van der Waals surface area contributed by atoms with Crippen LogP contribution in [-0.4, -0.2) is 36.2 Å². The van der Waals surface area contributed by atoms with Gasteiger partial charge in [0, 0.05) is 5.69 Å². The van der Waals surface area contributed by atoms with Crippen molar-refractivity contribution in [3.63, 3.8) is 0 Å². The van der Waals surface area contributed by atoms with Crippen LogP contribution in [0.5, 0.6) is 5.75 Å². The van der Waals surface area contributed by atoms with Gasteiger partial charge in [-0.25, -0.2) is 0 Å². The highest BCUT2D eigenvalue weighted by molar-refractivity contribution is 5.94. The lowest BCUT2D eigenvalue weighted by molar-refractivity contribution is -0.141. The fraction of sp³-hybridized carbons (Fsp3) is 0.529. The third-order valence-corrected chi connectivity index (χ3v) is 3.47. The Balaban J connectivity index is 2.44. The van der Waals surface area contributed by atoms with Crippen LogP contribution in [0, 0.1) is 0 Å². The molecule has 0 radical (unpaired) electrons. The van der Waals surface area contributed by atoms with E-state index in [0.717, 1.165) is 25.7 Å². The van der Waals surface area contributed by atoms with Crippen molar-refractivity contribution in [2.24, 2.45) is 0 Å². The summed E-state index contributed by atoms with van der Waals surface area (Å²) in [5.74, 6) is -1.59. The van der Waals surface area contributed by atoms with E-state index < -0.39 is 24.5 Å². The Bertz CT molecular complexity index is 538. The van der Waals surface area contributed by atoms with E-state index in [0.29, 0.717) is 12.2 Å².